The Morgan fingerprint density at radius 3 is 2.14 bits per heavy atom. The number of para-hydroxylation sites is 1. The van der Waals surface area contributed by atoms with Crippen LogP contribution in [0.4, 0.5) is 5.69 Å². The van der Waals surface area contributed by atoms with Gasteiger partial charge in [-0.2, -0.15) is 0 Å². The fourth-order valence-electron chi connectivity index (χ4n) is 3.08. The first-order valence-electron chi connectivity index (χ1n) is 9.05. The molecule has 0 saturated heterocycles. The molecule has 0 fully saturated rings. The van der Waals surface area contributed by atoms with Crippen molar-refractivity contribution in [1.82, 2.24) is 4.90 Å². The first-order valence-corrected chi connectivity index (χ1v) is 9.05. The summed E-state index contributed by atoms with van der Waals surface area (Å²) in [5, 5.41) is 0. The second kappa shape index (κ2) is 8.52. The number of carbonyl (C=O) groups excluding carboxylic acids is 4. The molecule has 1 aliphatic rings. The smallest absolute Gasteiger partial charge is 0.329 e. The standard InChI is InChI=1S/C22H20N2O5/c1-3-13-23(16-9-5-4-6-10-16)19(25)14-29-22(28)15(2)24-20(26)17-11-7-8-12-18(17)21(24)27/h3-12,15H,1,13-14H2,2H3/t15-/m0/s1. The fourth-order valence-corrected chi connectivity index (χ4v) is 3.08. The zero-order valence-electron chi connectivity index (χ0n) is 15.9. The average molecular weight is 392 g/mol. The van der Waals surface area contributed by atoms with E-state index in [0.717, 1.165) is 4.90 Å². The summed E-state index contributed by atoms with van der Waals surface area (Å²) < 4.78 is 5.11. The van der Waals surface area contributed by atoms with E-state index in [-0.39, 0.29) is 17.7 Å². The van der Waals surface area contributed by atoms with Gasteiger partial charge < -0.3 is 9.64 Å². The predicted molar refractivity (Wildman–Crippen MR) is 106 cm³/mol. The van der Waals surface area contributed by atoms with Crippen LogP contribution in [-0.2, 0) is 14.3 Å². The molecule has 0 aromatic heterocycles. The number of anilines is 1. The summed E-state index contributed by atoms with van der Waals surface area (Å²) in [6, 6.07) is 14.1. The van der Waals surface area contributed by atoms with E-state index in [2.05, 4.69) is 6.58 Å². The normalized spacial score (nSPS) is 13.6. The van der Waals surface area contributed by atoms with Gasteiger partial charge in [0.25, 0.3) is 17.7 Å². The lowest BCUT2D eigenvalue weighted by molar-refractivity contribution is -0.151. The van der Waals surface area contributed by atoms with E-state index in [9.17, 15) is 19.2 Å². The first-order chi connectivity index (χ1) is 14.0. The summed E-state index contributed by atoms with van der Waals surface area (Å²) in [7, 11) is 0. The van der Waals surface area contributed by atoms with Crippen LogP contribution in [0.3, 0.4) is 0 Å². The molecular weight excluding hydrogens is 372 g/mol. The van der Waals surface area contributed by atoms with Crippen LogP contribution in [0.25, 0.3) is 0 Å². The van der Waals surface area contributed by atoms with Gasteiger partial charge in [-0.25, -0.2) is 4.79 Å². The largest absolute Gasteiger partial charge is 0.454 e. The van der Waals surface area contributed by atoms with Crippen molar-refractivity contribution < 1.29 is 23.9 Å². The Bertz CT molecular complexity index is 935. The Morgan fingerprint density at radius 2 is 1.59 bits per heavy atom. The second-order valence-electron chi connectivity index (χ2n) is 6.44. The SMILES string of the molecule is C=CCN(C(=O)COC(=O)[C@H](C)N1C(=O)c2ccccc2C1=O)c1ccccc1. The van der Waals surface area contributed by atoms with Crippen molar-refractivity contribution in [2.75, 3.05) is 18.1 Å². The quantitative estimate of drug-likeness (QED) is 0.411. The zero-order chi connectivity index (χ0) is 21.0. The number of nitrogens with zero attached hydrogens (tertiary/aromatic N) is 2. The molecule has 1 atom stereocenters. The molecule has 2 aromatic carbocycles. The van der Waals surface area contributed by atoms with Crippen molar-refractivity contribution in [2.24, 2.45) is 0 Å². The van der Waals surface area contributed by atoms with E-state index in [1.807, 2.05) is 6.07 Å². The molecule has 0 unspecified atom stereocenters. The van der Waals surface area contributed by atoms with Gasteiger partial charge in [0, 0.05) is 12.2 Å². The highest BCUT2D eigenvalue weighted by molar-refractivity contribution is 6.22. The van der Waals surface area contributed by atoms with Crippen LogP contribution >= 0.6 is 0 Å². The summed E-state index contributed by atoms with van der Waals surface area (Å²) in [5.74, 6) is -2.39. The highest BCUT2D eigenvalue weighted by Gasteiger charge is 2.41. The topological polar surface area (TPSA) is 84.0 Å². The van der Waals surface area contributed by atoms with Gasteiger partial charge in [-0.15, -0.1) is 6.58 Å². The number of benzene rings is 2. The number of hydrogen-bond donors (Lipinski definition) is 0. The molecule has 0 spiro atoms. The maximum Gasteiger partial charge on any atom is 0.329 e. The Kier molecular flexibility index (Phi) is 5.87. The van der Waals surface area contributed by atoms with E-state index in [0.29, 0.717) is 5.69 Å². The predicted octanol–water partition coefficient (Wildman–Crippen LogP) is 2.43. The molecule has 3 rings (SSSR count). The van der Waals surface area contributed by atoms with Gasteiger partial charge >= 0.3 is 5.97 Å². The van der Waals surface area contributed by atoms with Crippen molar-refractivity contribution in [3.8, 4) is 0 Å². The Morgan fingerprint density at radius 1 is 1.03 bits per heavy atom. The fraction of sp³-hybridized carbons (Fsp3) is 0.182. The van der Waals surface area contributed by atoms with E-state index >= 15 is 0 Å². The first kappa shape index (κ1) is 20.0. The summed E-state index contributed by atoms with van der Waals surface area (Å²) in [6.07, 6.45) is 1.56. The minimum atomic E-state index is -1.15. The van der Waals surface area contributed by atoms with Crippen LogP contribution in [0, 0.1) is 0 Å². The molecular formula is C22H20N2O5. The number of ether oxygens (including phenoxy) is 1. The van der Waals surface area contributed by atoms with Crippen LogP contribution in [0.15, 0.2) is 67.3 Å². The minimum Gasteiger partial charge on any atom is -0.454 e. The highest BCUT2D eigenvalue weighted by Crippen LogP contribution is 2.24. The van der Waals surface area contributed by atoms with Crippen LogP contribution in [-0.4, -0.2) is 47.8 Å². The van der Waals surface area contributed by atoms with E-state index in [4.69, 9.17) is 4.74 Å². The Hall–Kier alpha value is -3.74. The van der Waals surface area contributed by atoms with E-state index in [1.54, 1.807) is 42.5 Å². The van der Waals surface area contributed by atoms with Gasteiger partial charge in [0.05, 0.1) is 11.1 Å². The van der Waals surface area contributed by atoms with Crippen LogP contribution < -0.4 is 4.90 Å². The molecule has 0 bridgehead atoms. The van der Waals surface area contributed by atoms with Crippen molar-refractivity contribution in [3.05, 3.63) is 78.4 Å². The number of fused-ring (bicyclic) bond motifs is 1. The lowest BCUT2D eigenvalue weighted by atomic mass is 10.1. The number of hydrogen-bond acceptors (Lipinski definition) is 5. The lowest BCUT2D eigenvalue weighted by Crippen LogP contribution is -2.45. The zero-order valence-corrected chi connectivity index (χ0v) is 15.9. The average Bonchev–Trinajstić information content (AvgIpc) is 3.00. The Labute approximate surface area is 168 Å². The number of esters is 1. The molecule has 0 radical (unpaired) electrons. The van der Waals surface area contributed by atoms with Gasteiger partial charge in [-0.1, -0.05) is 36.4 Å². The maximum atomic E-state index is 12.5. The molecule has 2 aromatic rings. The third-order valence-corrected chi connectivity index (χ3v) is 4.57. The maximum absolute atomic E-state index is 12.5. The molecule has 0 aliphatic carbocycles. The minimum absolute atomic E-state index is 0.244. The Balaban J connectivity index is 1.66. The summed E-state index contributed by atoms with van der Waals surface area (Å²) in [4.78, 5) is 52.2. The van der Waals surface area contributed by atoms with Crippen LogP contribution in [0.2, 0.25) is 0 Å². The van der Waals surface area contributed by atoms with Gasteiger partial charge in [0.15, 0.2) is 6.61 Å². The van der Waals surface area contributed by atoms with E-state index < -0.39 is 36.3 Å². The van der Waals surface area contributed by atoms with Gasteiger partial charge in [-0.05, 0) is 31.2 Å². The summed E-state index contributed by atoms with van der Waals surface area (Å²) >= 11 is 0. The van der Waals surface area contributed by atoms with E-state index in [1.165, 1.54) is 24.0 Å². The molecule has 148 valence electrons. The van der Waals surface area contributed by atoms with Crippen molar-refractivity contribution >= 4 is 29.4 Å². The third kappa shape index (κ3) is 3.94. The number of imide groups is 1. The van der Waals surface area contributed by atoms with Crippen molar-refractivity contribution in [1.29, 1.82) is 0 Å². The molecule has 7 nitrogen and oxygen atoms in total. The summed E-state index contributed by atoms with van der Waals surface area (Å²) in [6.45, 7) is 4.76. The summed E-state index contributed by atoms with van der Waals surface area (Å²) in [5.41, 5.74) is 1.13. The third-order valence-electron chi connectivity index (χ3n) is 4.57. The molecule has 0 N–H and O–H groups in total. The number of carbonyl (C=O) groups is 4. The van der Waals surface area contributed by atoms with Gasteiger partial charge in [-0.3, -0.25) is 19.3 Å². The van der Waals surface area contributed by atoms with Crippen LogP contribution in [0.5, 0.6) is 0 Å². The van der Waals surface area contributed by atoms with Crippen LogP contribution in [0.1, 0.15) is 27.6 Å². The molecule has 7 heteroatoms. The molecule has 1 aliphatic heterocycles. The second-order valence-corrected chi connectivity index (χ2v) is 6.44. The van der Waals surface area contributed by atoms with Gasteiger partial charge in [0.2, 0.25) is 0 Å². The monoisotopic (exact) mass is 392 g/mol. The van der Waals surface area contributed by atoms with Crippen molar-refractivity contribution in [2.45, 2.75) is 13.0 Å². The molecule has 0 saturated carbocycles. The van der Waals surface area contributed by atoms with Crippen molar-refractivity contribution in [3.63, 3.8) is 0 Å². The highest BCUT2D eigenvalue weighted by atomic mass is 16.5. The number of rotatable bonds is 7. The molecule has 3 amide bonds. The molecule has 29 heavy (non-hydrogen) atoms. The number of amides is 3. The lowest BCUT2D eigenvalue weighted by Gasteiger charge is -2.23. The molecule has 1 heterocycles. The van der Waals surface area contributed by atoms with Gasteiger partial charge in [0.1, 0.15) is 6.04 Å².